The van der Waals surface area contributed by atoms with Crippen molar-refractivity contribution < 1.29 is 24.5 Å². The Morgan fingerprint density at radius 2 is 1.85 bits per heavy atom. The zero-order valence-corrected chi connectivity index (χ0v) is 11.9. The number of methoxy groups -OCH3 is 2. The fourth-order valence-electron chi connectivity index (χ4n) is 1.93. The third-order valence-corrected chi connectivity index (χ3v) is 3.09. The topological polar surface area (TPSA) is 88.0 Å². The van der Waals surface area contributed by atoms with Gasteiger partial charge in [-0.3, -0.25) is 4.79 Å². The zero-order valence-electron chi connectivity index (χ0n) is 11.9. The summed E-state index contributed by atoms with van der Waals surface area (Å²) in [4.78, 5) is 11.1. The van der Waals surface area contributed by atoms with Crippen molar-refractivity contribution in [2.75, 3.05) is 27.8 Å². The van der Waals surface area contributed by atoms with Gasteiger partial charge in [-0.25, -0.2) is 0 Å². The Balaban J connectivity index is 3.11. The van der Waals surface area contributed by atoms with Gasteiger partial charge in [0.1, 0.15) is 6.10 Å². The highest BCUT2D eigenvalue weighted by Crippen LogP contribution is 2.33. The molecule has 0 aliphatic carbocycles. The molecule has 20 heavy (non-hydrogen) atoms. The van der Waals surface area contributed by atoms with Gasteiger partial charge in [-0.15, -0.1) is 0 Å². The highest BCUT2D eigenvalue weighted by atomic mass is 16.5. The molecule has 3 N–H and O–H groups in total. The molecule has 0 aromatic heterocycles. The lowest BCUT2D eigenvalue weighted by Gasteiger charge is -2.21. The predicted octanol–water partition coefficient (Wildman–Crippen LogP) is 0.520. The lowest BCUT2D eigenvalue weighted by Crippen LogP contribution is -2.24. The van der Waals surface area contributed by atoms with Crippen LogP contribution in [0.4, 0.5) is 0 Å². The van der Waals surface area contributed by atoms with Gasteiger partial charge in [0.05, 0.1) is 20.3 Å². The summed E-state index contributed by atoms with van der Waals surface area (Å²) in [5.74, 6) is 0.795. The third-order valence-electron chi connectivity index (χ3n) is 3.09. The maximum absolute atomic E-state index is 11.1. The fraction of sp³-hybridized carbons (Fsp3) is 0.500. The molecule has 1 aromatic rings. The molecule has 0 amide bonds. The second-order valence-corrected chi connectivity index (χ2v) is 4.36. The number of carbonyl (C=O) groups is 1. The molecule has 0 heterocycles. The van der Waals surface area contributed by atoms with Crippen LogP contribution in [0.25, 0.3) is 0 Å². The molecule has 1 rings (SSSR count). The highest BCUT2D eigenvalue weighted by Gasteiger charge is 2.23. The van der Waals surface area contributed by atoms with Crippen molar-refractivity contribution in [3.63, 3.8) is 0 Å². The SMILES string of the molecule is CNCCC(O)C(O)c1cc(OC)c(OC)cc1C=O. The van der Waals surface area contributed by atoms with Crippen molar-refractivity contribution >= 4 is 6.29 Å². The van der Waals surface area contributed by atoms with Crippen molar-refractivity contribution in [1.82, 2.24) is 5.32 Å². The average molecular weight is 283 g/mol. The first-order valence-corrected chi connectivity index (χ1v) is 6.30. The maximum Gasteiger partial charge on any atom is 0.161 e. The largest absolute Gasteiger partial charge is 0.493 e. The van der Waals surface area contributed by atoms with E-state index in [1.807, 2.05) is 0 Å². The number of ether oxygens (including phenoxy) is 2. The van der Waals surface area contributed by atoms with Gasteiger partial charge in [-0.05, 0) is 37.7 Å². The van der Waals surface area contributed by atoms with E-state index in [-0.39, 0.29) is 5.56 Å². The lowest BCUT2D eigenvalue weighted by atomic mass is 9.97. The number of rotatable bonds is 8. The summed E-state index contributed by atoms with van der Waals surface area (Å²) in [6.07, 6.45) is -1.15. The van der Waals surface area contributed by atoms with Crippen LogP contribution >= 0.6 is 0 Å². The van der Waals surface area contributed by atoms with E-state index in [0.29, 0.717) is 36.3 Å². The molecule has 0 bridgehead atoms. The number of nitrogens with one attached hydrogen (secondary N) is 1. The van der Waals surface area contributed by atoms with E-state index >= 15 is 0 Å². The fourth-order valence-corrected chi connectivity index (χ4v) is 1.93. The molecule has 0 fully saturated rings. The first-order chi connectivity index (χ1) is 9.58. The molecule has 0 spiro atoms. The van der Waals surface area contributed by atoms with E-state index in [4.69, 9.17) is 9.47 Å². The minimum Gasteiger partial charge on any atom is -0.493 e. The van der Waals surface area contributed by atoms with E-state index in [0.717, 1.165) is 0 Å². The number of hydrogen-bond acceptors (Lipinski definition) is 6. The van der Waals surface area contributed by atoms with Crippen LogP contribution in [0.2, 0.25) is 0 Å². The minimum absolute atomic E-state index is 0.263. The Bertz CT molecular complexity index is 449. The Morgan fingerprint density at radius 1 is 1.25 bits per heavy atom. The van der Waals surface area contributed by atoms with Crippen LogP contribution < -0.4 is 14.8 Å². The molecular weight excluding hydrogens is 262 g/mol. The summed E-state index contributed by atoms with van der Waals surface area (Å²) < 4.78 is 10.2. The molecule has 0 saturated carbocycles. The van der Waals surface area contributed by atoms with Gasteiger partial charge < -0.3 is 25.0 Å². The molecule has 2 atom stereocenters. The van der Waals surface area contributed by atoms with E-state index in [1.54, 1.807) is 7.05 Å². The van der Waals surface area contributed by atoms with Gasteiger partial charge in [0.15, 0.2) is 17.8 Å². The van der Waals surface area contributed by atoms with Gasteiger partial charge in [0.2, 0.25) is 0 Å². The normalized spacial score (nSPS) is 13.7. The smallest absolute Gasteiger partial charge is 0.161 e. The maximum atomic E-state index is 11.1. The summed E-state index contributed by atoms with van der Waals surface area (Å²) in [6.45, 7) is 0.557. The molecule has 6 heteroatoms. The second-order valence-electron chi connectivity index (χ2n) is 4.36. The first kappa shape index (κ1) is 16.4. The number of aldehydes is 1. The van der Waals surface area contributed by atoms with Crippen LogP contribution in [-0.2, 0) is 0 Å². The summed E-state index contributed by atoms with van der Waals surface area (Å²) in [5, 5.41) is 23.0. The average Bonchev–Trinajstić information content (AvgIpc) is 2.50. The van der Waals surface area contributed by atoms with Crippen LogP contribution in [-0.4, -0.2) is 50.4 Å². The predicted molar refractivity (Wildman–Crippen MR) is 74.4 cm³/mol. The van der Waals surface area contributed by atoms with E-state index in [9.17, 15) is 15.0 Å². The van der Waals surface area contributed by atoms with Gasteiger partial charge in [-0.2, -0.15) is 0 Å². The van der Waals surface area contributed by atoms with E-state index < -0.39 is 12.2 Å². The molecule has 0 aliphatic heterocycles. The molecule has 2 unspecified atom stereocenters. The van der Waals surface area contributed by atoms with Crippen molar-refractivity contribution in [2.24, 2.45) is 0 Å². The van der Waals surface area contributed by atoms with E-state index in [2.05, 4.69) is 5.32 Å². The molecule has 0 radical (unpaired) electrons. The Labute approximate surface area is 118 Å². The highest BCUT2D eigenvalue weighted by molar-refractivity contribution is 5.79. The first-order valence-electron chi connectivity index (χ1n) is 6.30. The van der Waals surface area contributed by atoms with Crippen molar-refractivity contribution in [3.05, 3.63) is 23.3 Å². The zero-order chi connectivity index (χ0) is 15.1. The molecule has 112 valence electrons. The van der Waals surface area contributed by atoms with E-state index in [1.165, 1.54) is 26.4 Å². The monoisotopic (exact) mass is 283 g/mol. The standard InChI is InChI=1S/C14H21NO5/c1-15-5-4-11(17)14(18)10-7-13(20-3)12(19-2)6-9(10)8-16/h6-8,11,14-15,17-18H,4-5H2,1-3H3. The van der Waals surface area contributed by atoms with Gasteiger partial charge in [0, 0.05) is 5.56 Å². The number of carbonyl (C=O) groups excluding carboxylic acids is 1. The Morgan fingerprint density at radius 3 is 2.35 bits per heavy atom. The number of benzene rings is 1. The molecular formula is C14H21NO5. The minimum atomic E-state index is -1.16. The molecule has 1 aromatic carbocycles. The van der Waals surface area contributed by atoms with Crippen molar-refractivity contribution in [2.45, 2.75) is 18.6 Å². The van der Waals surface area contributed by atoms with Gasteiger partial charge in [-0.1, -0.05) is 0 Å². The van der Waals surface area contributed by atoms with Gasteiger partial charge in [0.25, 0.3) is 0 Å². The Hall–Kier alpha value is -1.63. The summed E-state index contributed by atoms with van der Waals surface area (Å²) in [6, 6.07) is 2.99. The molecule has 0 saturated heterocycles. The lowest BCUT2D eigenvalue weighted by molar-refractivity contribution is 0.0136. The Kier molecular flexibility index (Phi) is 6.44. The van der Waals surface area contributed by atoms with Crippen molar-refractivity contribution in [3.8, 4) is 11.5 Å². The van der Waals surface area contributed by atoms with Crippen LogP contribution in [0.15, 0.2) is 12.1 Å². The summed E-state index contributed by atoms with van der Waals surface area (Å²) in [5.41, 5.74) is 0.583. The van der Waals surface area contributed by atoms with Crippen LogP contribution in [0.1, 0.15) is 28.4 Å². The van der Waals surface area contributed by atoms with Crippen LogP contribution in [0.5, 0.6) is 11.5 Å². The summed E-state index contributed by atoms with van der Waals surface area (Å²) in [7, 11) is 4.68. The quantitative estimate of drug-likeness (QED) is 0.603. The third kappa shape index (κ3) is 3.69. The number of hydrogen-bond donors (Lipinski definition) is 3. The number of aliphatic hydroxyl groups is 2. The van der Waals surface area contributed by atoms with Crippen LogP contribution in [0, 0.1) is 0 Å². The number of aliphatic hydroxyl groups excluding tert-OH is 2. The second kappa shape index (κ2) is 7.84. The van der Waals surface area contributed by atoms with Crippen LogP contribution in [0.3, 0.4) is 0 Å². The van der Waals surface area contributed by atoms with Gasteiger partial charge >= 0.3 is 0 Å². The van der Waals surface area contributed by atoms with Crippen molar-refractivity contribution in [1.29, 1.82) is 0 Å². The molecule has 6 nitrogen and oxygen atoms in total. The molecule has 0 aliphatic rings. The summed E-state index contributed by atoms with van der Waals surface area (Å²) >= 11 is 0.